The lowest BCUT2D eigenvalue weighted by Gasteiger charge is -2.12. The summed E-state index contributed by atoms with van der Waals surface area (Å²) in [5.74, 6) is -0.207. The number of rotatable bonds is 3. The first kappa shape index (κ1) is 12.0. The highest BCUT2D eigenvalue weighted by atomic mass is 19.4. The van der Waals surface area contributed by atoms with Gasteiger partial charge in [0.25, 0.3) is 5.91 Å². The molecule has 1 aliphatic carbocycles. The molecule has 0 radical (unpaired) electrons. The van der Waals surface area contributed by atoms with E-state index < -0.39 is 17.6 Å². The Bertz CT molecular complexity index is 424. The normalized spacial score (nSPS) is 15.7. The van der Waals surface area contributed by atoms with E-state index in [0.29, 0.717) is 12.5 Å². The van der Waals surface area contributed by atoms with Gasteiger partial charge in [-0.25, -0.2) is 0 Å². The van der Waals surface area contributed by atoms with Crippen molar-refractivity contribution in [2.75, 3.05) is 6.54 Å². The van der Waals surface area contributed by atoms with Gasteiger partial charge in [0.05, 0.1) is 11.1 Å². The summed E-state index contributed by atoms with van der Waals surface area (Å²) >= 11 is 0. The van der Waals surface area contributed by atoms with Crippen LogP contribution in [0.4, 0.5) is 13.2 Å². The van der Waals surface area contributed by atoms with Crippen LogP contribution in [-0.4, -0.2) is 12.5 Å². The van der Waals surface area contributed by atoms with Gasteiger partial charge < -0.3 is 5.32 Å². The van der Waals surface area contributed by atoms with Crippen molar-refractivity contribution < 1.29 is 18.0 Å². The van der Waals surface area contributed by atoms with Crippen molar-refractivity contribution in [3.8, 4) is 0 Å². The number of benzene rings is 1. The van der Waals surface area contributed by atoms with Gasteiger partial charge in [0, 0.05) is 6.54 Å². The molecule has 1 N–H and O–H groups in total. The maximum atomic E-state index is 12.6. The summed E-state index contributed by atoms with van der Waals surface area (Å²) in [5.41, 5.74) is -1.19. The number of hydrogen-bond donors (Lipinski definition) is 1. The molecule has 0 saturated heterocycles. The monoisotopic (exact) mass is 243 g/mol. The Kier molecular flexibility index (Phi) is 3.09. The van der Waals surface area contributed by atoms with Crippen LogP contribution in [0.5, 0.6) is 0 Å². The molecule has 1 amide bonds. The zero-order valence-electron chi connectivity index (χ0n) is 9.05. The van der Waals surface area contributed by atoms with Crippen LogP contribution in [0, 0.1) is 5.92 Å². The summed E-state index contributed by atoms with van der Waals surface area (Å²) in [6.07, 6.45) is -2.41. The SMILES string of the molecule is O=C(NCC1CC1)c1ccccc1C(F)(F)F. The molecule has 5 heteroatoms. The van der Waals surface area contributed by atoms with Gasteiger partial charge in [0.2, 0.25) is 0 Å². The summed E-state index contributed by atoms with van der Waals surface area (Å²) in [5, 5.41) is 2.53. The summed E-state index contributed by atoms with van der Waals surface area (Å²) < 4.78 is 37.9. The summed E-state index contributed by atoms with van der Waals surface area (Å²) in [6.45, 7) is 0.463. The van der Waals surface area contributed by atoms with Crippen LogP contribution in [0.3, 0.4) is 0 Å². The molecule has 0 spiro atoms. The average molecular weight is 243 g/mol. The molecule has 17 heavy (non-hydrogen) atoms. The lowest BCUT2D eigenvalue weighted by molar-refractivity contribution is -0.137. The van der Waals surface area contributed by atoms with E-state index in [0.717, 1.165) is 18.9 Å². The Morgan fingerprint density at radius 2 is 1.94 bits per heavy atom. The third kappa shape index (κ3) is 2.99. The first-order valence-corrected chi connectivity index (χ1v) is 5.43. The third-order valence-electron chi connectivity index (χ3n) is 2.73. The van der Waals surface area contributed by atoms with Crippen LogP contribution in [0.25, 0.3) is 0 Å². The van der Waals surface area contributed by atoms with Crippen LogP contribution in [-0.2, 0) is 6.18 Å². The lowest BCUT2D eigenvalue weighted by Crippen LogP contribution is -2.27. The zero-order chi connectivity index (χ0) is 12.5. The number of nitrogens with one attached hydrogen (secondary N) is 1. The second kappa shape index (κ2) is 4.39. The second-order valence-corrected chi connectivity index (χ2v) is 4.20. The molecular formula is C12H12F3NO. The quantitative estimate of drug-likeness (QED) is 0.869. The van der Waals surface area contributed by atoms with E-state index in [4.69, 9.17) is 0 Å². The van der Waals surface area contributed by atoms with Crippen molar-refractivity contribution in [2.24, 2.45) is 5.92 Å². The van der Waals surface area contributed by atoms with Crippen LogP contribution >= 0.6 is 0 Å². The summed E-state index contributed by atoms with van der Waals surface area (Å²) in [6, 6.07) is 4.83. The minimum absolute atomic E-state index is 0.305. The van der Waals surface area contributed by atoms with E-state index in [1.54, 1.807) is 0 Å². The van der Waals surface area contributed by atoms with Crippen LogP contribution in [0.1, 0.15) is 28.8 Å². The predicted octanol–water partition coefficient (Wildman–Crippen LogP) is 2.85. The predicted molar refractivity (Wildman–Crippen MR) is 56.5 cm³/mol. The van der Waals surface area contributed by atoms with Crippen molar-refractivity contribution in [1.29, 1.82) is 0 Å². The molecule has 0 aliphatic heterocycles. The largest absolute Gasteiger partial charge is 0.417 e. The molecule has 0 heterocycles. The molecule has 1 aliphatic rings. The van der Waals surface area contributed by atoms with E-state index in [9.17, 15) is 18.0 Å². The molecular weight excluding hydrogens is 231 g/mol. The highest BCUT2D eigenvalue weighted by Crippen LogP contribution is 2.32. The number of amides is 1. The van der Waals surface area contributed by atoms with E-state index in [1.807, 2.05) is 0 Å². The van der Waals surface area contributed by atoms with Gasteiger partial charge in [-0.2, -0.15) is 13.2 Å². The zero-order valence-corrected chi connectivity index (χ0v) is 9.05. The van der Waals surface area contributed by atoms with Crippen molar-refractivity contribution in [3.63, 3.8) is 0 Å². The molecule has 1 fully saturated rings. The van der Waals surface area contributed by atoms with Gasteiger partial charge in [0.1, 0.15) is 0 Å². The Labute approximate surface area is 96.8 Å². The molecule has 92 valence electrons. The molecule has 0 aromatic heterocycles. The van der Waals surface area contributed by atoms with E-state index in [-0.39, 0.29) is 5.56 Å². The molecule has 2 rings (SSSR count). The number of carbonyl (C=O) groups is 1. The fourth-order valence-corrected chi connectivity index (χ4v) is 1.58. The molecule has 1 aromatic carbocycles. The van der Waals surface area contributed by atoms with Gasteiger partial charge in [-0.05, 0) is 30.9 Å². The standard InChI is InChI=1S/C12H12F3NO/c13-12(14,15)10-4-2-1-3-9(10)11(17)16-7-8-5-6-8/h1-4,8H,5-7H2,(H,16,17). The van der Waals surface area contributed by atoms with Gasteiger partial charge in [-0.3, -0.25) is 4.79 Å². The number of alkyl halides is 3. The van der Waals surface area contributed by atoms with Crippen molar-refractivity contribution in [2.45, 2.75) is 19.0 Å². The summed E-state index contributed by atoms with van der Waals surface area (Å²) in [7, 11) is 0. The number of hydrogen-bond acceptors (Lipinski definition) is 1. The molecule has 1 saturated carbocycles. The molecule has 0 bridgehead atoms. The van der Waals surface area contributed by atoms with Crippen LogP contribution < -0.4 is 5.32 Å². The van der Waals surface area contributed by atoms with Crippen molar-refractivity contribution in [3.05, 3.63) is 35.4 Å². The molecule has 2 nitrogen and oxygen atoms in total. The van der Waals surface area contributed by atoms with Crippen LogP contribution in [0.2, 0.25) is 0 Å². The first-order valence-electron chi connectivity index (χ1n) is 5.43. The summed E-state index contributed by atoms with van der Waals surface area (Å²) in [4.78, 5) is 11.6. The van der Waals surface area contributed by atoms with Gasteiger partial charge in [0.15, 0.2) is 0 Å². The van der Waals surface area contributed by atoms with Crippen molar-refractivity contribution >= 4 is 5.91 Å². The molecule has 0 unspecified atom stereocenters. The highest BCUT2D eigenvalue weighted by Gasteiger charge is 2.35. The minimum atomic E-state index is -4.49. The fourth-order valence-electron chi connectivity index (χ4n) is 1.58. The second-order valence-electron chi connectivity index (χ2n) is 4.20. The lowest BCUT2D eigenvalue weighted by atomic mass is 10.1. The Morgan fingerprint density at radius 1 is 1.29 bits per heavy atom. The van der Waals surface area contributed by atoms with E-state index >= 15 is 0 Å². The Hall–Kier alpha value is -1.52. The maximum Gasteiger partial charge on any atom is 0.417 e. The number of halogens is 3. The van der Waals surface area contributed by atoms with Gasteiger partial charge in [-0.15, -0.1) is 0 Å². The first-order chi connectivity index (χ1) is 7.98. The van der Waals surface area contributed by atoms with Gasteiger partial charge in [-0.1, -0.05) is 12.1 Å². The highest BCUT2D eigenvalue weighted by molar-refractivity contribution is 5.95. The maximum absolute atomic E-state index is 12.6. The van der Waals surface area contributed by atoms with Crippen molar-refractivity contribution in [1.82, 2.24) is 5.32 Å². The molecule has 0 atom stereocenters. The third-order valence-corrected chi connectivity index (χ3v) is 2.73. The van der Waals surface area contributed by atoms with Crippen LogP contribution in [0.15, 0.2) is 24.3 Å². The smallest absolute Gasteiger partial charge is 0.352 e. The average Bonchev–Trinajstić information content (AvgIpc) is 3.08. The number of carbonyl (C=O) groups excluding carboxylic acids is 1. The van der Waals surface area contributed by atoms with Gasteiger partial charge >= 0.3 is 6.18 Å². The topological polar surface area (TPSA) is 29.1 Å². The minimum Gasteiger partial charge on any atom is -0.352 e. The van der Waals surface area contributed by atoms with E-state index in [2.05, 4.69) is 5.32 Å². The van der Waals surface area contributed by atoms with E-state index in [1.165, 1.54) is 18.2 Å². The molecule has 1 aromatic rings. The Balaban J connectivity index is 2.15. The fraction of sp³-hybridized carbons (Fsp3) is 0.417. The Morgan fingerprint density at radius 3 is 2.53 bits per heavy atom.